The maximum absolute atomic E-state index is 12.8. The number of unbranched alkanes of at least 4 members (excludes halogenated alkanes) is 30. The first-order valence-corrected chi connectivity index (χ1v) is 27.1. The highest BCUT2D eigenvalue weighted by Gasteiger charge is 2.19. The molecule has 0 radical (unpaired) electrons. The van der Waals surface area contributed by atoms with Gasteiger partial charge in [-0.15, -0.1) is 0 Å². The Balaban J connectivity index is 4.39. The summed E-state index contributed by atoms with van der Waals surface area (Å²) in [6.07, 6.45) is 62.3. The second-order valence-corrected chi connectivity index (χ2v) is 18.1. The van der Waals surface area contributed by atoms with Crippen LogP contribution in [0, 0.1) is 0 Å². The van der Waals surface area contributed by atoms with Crippen LogP contribution in [-0.4, -0.2) is 37.2 Å². The Kier molecular flexibility index (Phi) is 49.8. The number of carbonyl (C=O) groups excluding carboxylic acids is 3. The molecule has 0 aliphatic rings. The Hall–Kier alpha value is -2.63. The van der Waals surface area contributed by atoms with E-state index in [4.69, 9.17) is 14.2 Å². The van der Waals surface area contributed by atoms with Crippen LogP contribution >= 0.6 is 0 Å². The molecule has 0 aromatic rings. The average Bonchev–Trinajstić information content (AvgIpc) is 3.28. The first-order valence-electron chi connectivity index (χ1n) is 27.1. The van der Waals surface area contributed by atoms with E-state index in [0.717, 1.165) is 89.9 Å². The Bertz CT molecular complexity index is 1110. The van der Waals surface area contributed by atoms with Crippen molar-refractivity contribution in [3.8, 4) is 0 Å². The Morgan fingerprint density at radius 1 is 0.317 bits per heavy atom. The van der Waals surface area contributed by atoms with Crippen LogP contribution in [-0.2, 0) is 28.6 Å². The quantitative estimate of drug-likeness (QED) is 0.0262. The van der Waals surface area contributed by atoms with Crippen LogP contribution in [0.5, 0.6) is 0 Å². The zero-order valence-corrected chi connectivity index (χ0v) is 41.8. The monoisotopic (exact) mass is 883 g/mol. The number of hydrogen-bond donors (Lipinski definition) is 0. The van der Waals surface area contributed by atoms with Gasteiger partial charge in [0.1, 0.15) is 13.2 Å². The van der Waals surface area contributed by atoms with Crippen LogP contribution < -0.4 is 0 Å². The lowest BCUT2D eigenvalue weighted by atomic mass is 10.0. The normalized spacial score (nSPS) is 12.4. The van der Waals surface area contributed by atoms with Gasteiger partial charge in [0.25, 0.3) is 0 Å². The average molecular weight is 883 g/mol. The maximum Gasteiger partial charge on any atom is 0.306 e. The van der Waals surface area contributed by atoms with Crippen LogP contribution in [0.15, 0.2) is 48.6 Å². The highest BCUT2D eigenvalue weighted by atomic mass is 16.6. The van der Waals surface area contributed by atoms with Gasteiger partial charge in [-0.3, -0.25) is 14.4 Å². The topological polar surface area (TPSA) is 78.9 Å². The molecule has 0 heterocycles. The summed E-state index contributed by atoms with van der Waals surface area (Å²) in [5.74, 6) is -0.902. The fourth-order valence-electron chi connectivity index (χ4n) is 7.68. The minimum absolute atomic E-state index is 0.0825. The van der Waals surface area contributed by atoms with Crippen molar-refractivity contribution in [2.24, 2.45) is 0 Å². The van der Waals surface area contributed by atoms with Crippen LogP contribution in [0.25, 0.3) is 0 Å². The van der Waals surface area contributed by atoms with E-state index in [0.29, 0.717) is 19.3 Å². The minimum Gasteiger partial charge on any atom is -0.462 e. The second kappa shape index (κ2) is 52.0. The zero-order valence-electron chi connectivity index (χ0n) is 41.8. The van der Waals surface area contributed by atoms with Gasteiger partial charge in [-0.25, -0.2) is 0 Å². The minimum atomic E-state index is -0.782. The van der Waals surface area contributed by atoms with E-state index in [-0.39, 0.29) is 31.1 Å². The van der Waals surface area contributed by atoms with Gasteiger partial charge < -0.3 is 14.2 Å². The molecule has 0 saturated carbocycles. The van der Waals surface area contributed by atoms with Gasteiger partial charge in [-0.2, -0.15) is 0 Å². The second-order valence-electron chi connectivity index (χ2n) is 18.1. The van der Waals surface area contributed by atoms with E-state index in [2.05, 4.69) is 69.4 Å². The third kappa shape index (κ3) is 50.2. The van der Waals surface area contributed by atoms with Crippen molar-refractivity contribution in [1.29, 1.82) is 0 Å². The Labute approximate surface area is 390 Å². The third-order valence-electron chi connectivity index (χ3n) is 11.8. The van der Waals surface area contributed by atoms with Crippen molar-refractivity contribution >= 4 is 17.9 Å². The molecule has 0 fully saturated rings. The molecule has 0 unspecified atom stereocenters. The fourth-order valence-corrected chi connectivity index (χ4v) is 7.68. The van der Waals surface area contributed by atoms with Gasteiger partial charge in [0.2, 0.25) is 0 Å². The van der Waals surface area contributed by atoms with Gasteiger partial charge in [-0.05, 0) is 83.5 Å². The van der Waals surface area contributed by atoms with Crippen molar-refractivity contribution in [3.05, 3.63) is 48.6 Å². The molecule has 0 aliphatic heterocycles. The third-order valence-corrected chi connectivity index (χ3v) is 11.8. The van der Waals surface area contributed by atoms with Crippen LogP contribution in [0.1, 0.15) is 278 Å². The van der Waals surface area contributed by atoms with Crippen molar-refractivity contribution in [1.82, 2.24) is 0 Å². The molecule has 366 valence electrons. The summed E-state index contributed by atoms with van der Waals surface area (Å²) >= 11 is 0. The molecule has 0 aromatic heterocycles. The number of allylic oxidation sites excluding steroid dienone is 8. The van der Waals surface area contributed by atoms with E-state index >= 15 is 0 Å². The molecule has 0 amide bonds. The summed E-state index contributed by atoms with van der Waals surface area (Å²) in [7, 11) is 0. The van der Waals surface area contributed by atoms with Crippen LogP contribution in [0.2, 0.25) is 0 Å². The molecule has 0 bridgehead atoms. The molecular weight excluding hydrogens is 781 g/mol. The predicted octanol–water partition coefficient (Wildman–Crippen LogP) is 17.9. The summed E-state index contributed by atoms with van der Waals surface area (Å²) in [5.41, 5.74) is 0. The number of esters is 3. The Morgan fingerprint density at radius 2 is 0.571 bits per heavy atom. The van der Waals surface area contributed by atoms with Crippen LogP contribution in [0.3, 0.4) is 0 Å². The van der Waals surface area contributed by atoms with E-state index in [1.54, 1.807) is 0 Å². The van der Waals surface area contributed by atoms with Crippen LogP contribution in [0.4, 0.5) is 0 Å². The molecule has 0 spiro atoms. The van der Waals surface area contributed by atoms with Crippen molar-refractivity contribution in [2.75, 3.05) is 13.2 Å². The highest BCUT2D eigenvalue weighted by molar-refractivity contribution is 5.71. The van der Waals surface area contributed by atoms with Crippen molar-refractivity contribution in [2.45, 2.75) is 284 Å². The molecule has 1 atom stereocenters. The summed E-state index contributed by atoms with van der Waals surface area (Å²) in [6.45, 7) is 6.58. The van der Waals surface area contributed by atoms with Gasteiger partial charge in [0.05, 0.1) is 0 Å². The Morgan fingerprint density at radius 3 is 0.937 bits per heavy atom. The van der Waals surface area contributed by atoms with Gasteiger partial charge in [-0.1, -0.05) is 223 Å². The summed E-state index contributed by atoms with van der Waals surface area (Å²) in [5, 5.41) is 0. The molecule has 6 nitrogen and oxygen atoms in total. The number of carbonyl (C=O) groups is 3. The summed E-state index contributed by atoms with van der Waals surface area (Å²) in [4.78, 5) is 38.0. The summed E-state index contributed by atoms with van der Waals surface area (Å²) in [6, 6.07) is 0. The largest absolute Gasteiger partial charge is 0.462 e. The molecule has 0 rings (SSSR count). The van der Waals surface area contributed by atoms with E-state index in [9.17, 15) is 14.4 Å². The smallest absolute Gasteiger partial charge is 0.306 e. The van der Waals surface area contributed by atoms with E-state index in [1.807, 2.05) is 0 Å². The molecule has 0 aromatic carbocycles. The molecule has 6 heteroatoms. The molecule has 0 saturated heterocycles. The lowest BCUT2D eigenvalue weighted by molar-refractivity contribution is -0.167. The summed E-state index contributed by atoms with van der Waals surface area (Å²) < 4.78 is 16.8. The number of hydrogen-bond acceptors (Lipinski definition) is 6. The maximum atomic E-state index is 12.8. The molecule has 63 heavy (non-hydrogen) atoms. The first kappa shape index (κ1) is 60.4. The number of ether oxygens (including phenoxy) is 3. The molecule has 0 N–H and O–H groups in total. The lowest BCUT2D eigenvalue weighted by Gasteiger charge is -2.18. The van der Waals surface area contributed by atoms with Gasteiger partial charge >= 0.3 is 17.9 Å². The predicted molar refractivity (Wildman–Crippen MR) is 270 cm³/mol. The molecule has 0 aliphatic carbocycles. The van der Waals surface area contributed by atoms with Gasteiger partial charge in [0.15, 0.2) is 6.10 Å². The van der Waals surface area contributed by atoms with Gasteiger partial charge in [0, 0.05) is 19.3 Å². The lowest BCUT2D eigenvalue weighted by Crippen LogP contribution is -2.30. The van der Waals surface area contributed by atoms with Crippen molar-refractivity contribution < 1.29 is 28.6 Å². The van der Waals surface area contributed by atoms with E-state index < -0.39 is 6.10 Å². The standard InChI is InChI=1S/C57H102O6/c1-4-7-10-13-16-19-22-25-27-29-31-32-35-38-41-44-47-50-56(59)62-53-54(52-61-55(58)49-46-43-40-37-34-24-21-18-15-12-9-6-3)63-57(60)51-48-45-42-39-36-33-30-28-26-23-20-17-14-11-8-5-2/h16,18-19,21,25,27,31-32,54H,4-15,17,20,22-24,26,28-30,33-53H2,1-3H3/b19-16-,21-18-,27-25-,32-31-/t54-/m1/s1. The van der Waals surface area contributed by atoms with Crippen molar-refractivity contribution in [3.63, 3.8) is 0 Å². The molecular formula is C57H102O6. The first-order chi connectivity index (χ1) is 31.0. The fraction of sp³-hybridized carbons (Fsp3) is 0.807. The number of rotatable bonds is 49. The van der Waals surface area contributed by atoms with E-state index in [1.165, 1.54) is 148 Å². The zero-order chi connectivity index (χ0) is 45.8. The highest BCUT2D eigenvalue weighted by Crippen LogP contribution is 2.16. The SMILES string of the molecule is CCCCC/C=C\C/C=C\C/C=C\CCCCCCC(=O)OC[C@@H](COC(=O)CCCCCCC/C=C\CCCCC)OC(=O)CCCCCCCCCCCCCCCCCC.